The highest BCUT2D eigenvalue weighted by molar-refractivity contribution is 5.72. The third-order valence-electron chi connectivity index (χ3n) is 10.1. The number of allylic oxidation sites excluding steroid dienone is 2. The van der Waals surface area contributed by atoms with Crippen LogP contribution in [0.15, 0.2) is 24.5 Å². The Labute approximate surface area is 179 Å². The Morgan fingerprint density at radius 3 is 2.60 bits per heavy atom. The summed E-state index contributed by atoms with van der Waals surface area (Å²) in [6.07, 6.45) is 10.8. The summed E-state index contributed by atoms with van der Waals surface area (Å²) in [4.78, 5) is 4.14. The number of halogens is 2. The van der Waals surface area contributed by atoms with Gasteiger partial charge in [-0.3, -0.25) is 4.98 Å². The Balaban J connectivity index is 1.43. The molecule has 1 heterocycles. The largest absolute Gasteiger partial charge is 0.393 e. The average molecular weight is 416 g/mol. The van der Waals surface area contributed by atoms with Gasteiger partial charge >= 0.3 is 0 Å². The summed E-state index contributed by atoms with van der Waals surface area (Å²) in [5, 5.41) is 10.5. The number of aliphatic hydroxyl groups is 1. The van der Waals surface area contributed by atoms with Crippen LogP contribution in [0.2, 0.25) is 0 Å². The molecule has 0 aromatic carbocycles. The van der Waals surface area contributed by atoms with Gasteiger partial charge in [-0.15, -0.1) is 0 Å². The van der Waals surface area contributed by atoms with E-state index in [0.717, 1.165) is 37.2 Å². The molecule has 1 aromatic rings. The zero-order valence-electron chi connectivity index (χ0n) is 18.5. The molecule has 4 aliphatic rings. The number of hydrogen-bond donors (Lipinski definition) is 1. The van der Waals surface area contributed by atoms with Crippen LogP contribution in [0.4, 0.5) is 8.78 Å². The average Bonchev–Trinajstić information content (AvgIpc) is 3.08. The molecule has 1 aromatic heterocycles. The van der Waals surface area contributed by atoms with Crippen LogP contribution in [0.3, 0.4) is 0 Å². The maximum absolute atomic E-state index is 13.3. The summed E-state index contributed by atoms with van der Waals surface area (Å²) in [5.41, 5.74) is 2.57. The maximum atomic E-state index is 13.3. The number of aromatic nitrogens is 1. The highest BCUT2D eigenvalue weighted by Crippen LogP contribution is 2.68. The molecule has 0 spiro atoms. The number of pyridine rings is 1. The van der Waals surface area contributed by atoms with Gasteiger partial charge in [0.1, 0.15) is 0 Å². The number of aliphatic hydroxyl groups excluding tert-OH is 1. The minimum absolute atomic E-state index is 0.0249. The number of rotatable bonds is 2. The van der Waals surface area contributed by atoms with Crippen molar-refractivity contribution in [3.05, 3.63) is 35.7 Å². The van der Waals surface area contributed by atoms with Gasteiger partial charge in [0.05, 0.1) is 6.10 Å². The van der Waals surface area contributed by atoms with Crippen molar-refractivity contribution in [3.63, 3.8) is 0 Å². The van der Waals surface area contributed by atoms with E-state index in [9.17, 15) is 13.9 Å². The van der Waals surface area contributed by atoms with Crippen LogP contribution in [0.25, 0.3) is 5.57 Å². The third kappa shape index (κ3) is 2.85. The normalized spacial score (nSPS) is 45.5. The Bertz CT molecular complexity index is 853. The minimum Gasteiger partial charge on any atom is -0.393 e. The molecule has 0 saturated heterocycles. The number of nitrogens with zero attached hydrogens (tertiary/aromatic N) is 1. The molecule has 1 N–H and O–H groups in total. The van der Waals surface area contributed by atoms with E-state index in [1.807, 2.05) is 0 Å². The third-order valence-corrected chi connectivity index (χ3v) is 10.1. The highest BCUT2D eigenvalue weighted by Gasteiger charge is 2.59. The lowest BCUT2D eigenvalue weighted by atomic mass is 9.43. The van der Waals surface area contributed by atoms with Crippen molar-refractivity contribution in [2.24, 2.45) is 40.4 Å². The van der Waals surface area contributed by atoms with Crippen molar-refractivity contribution in [1.82, 2.24) is 4.98 Å². The SMILES string of the molecule is CC1C(O)CCC2(C)C1CCC1C3CC=C(c4cncc(C(F)F)c4)C3(C)CCC12. The van der Waals surface area contributed by atoms with Gasteiger partial charge in [0.25, 0.3) is 6.43 Å². The van der Waals surface area contributed by atoms with Gasteiger partial charge in [-0.05, 0) is 103 Å². The van der Waals surface area contributed by atoms with Crippen molar-refractivity contribution in [2.45, 2.75) is 78.2 Å². The van der Waals surface area contributed by atoms with Gasteiger partial charge in [-0.2, -0.15) is 0 Å². The van der Waals surface area contributed by atoms with Crippen molar-refractivity contribution in [2.75, 3.05) is 0 Å². The minimum atomic E-state index is -2.47. The second kappa shape index (κ2) is 7.12. The van der Waals surface area contributed by atoms with E-state index in [-0.39, 0.29) is 17.1 Å². The van der Waals surface area contributed by atoms with Crippen LogP contribution >= 0.6 is 0 Å². The van der Waals surface area contributed by atoms with Gasteiger partial charge < -0.3 is 5.11 Å². The molecule has 4 aliphatic carbocycles. The predicted octanol–water partition coefficient (Wildman–Crippen LogP) is 6.66. The van der Waals surface area contributed by atoms with Gasteiger partial charge in [0, 0.05) is 18.0 Å². The van der Waals surface area contributed by atoms with E-state index in [2.05, 4.69) is 31.8 Å². The first-order chi connectivity index (χ1) is 14.3. The summed E-state index contributed by atoms with van der Waals surface area (Å²) < 4.78 is 26.5. The molecular formula is C26H35F2NO. The fourth-order valence-electron chi connectivity index (χ4n) is 8.45. The summed E-state index contributed by atoms with van der Waals surface area (Å²) in [7, 11) is 0. The number of hydrogen-bond acceptors (Lipinski definition) is 2. The summed E-state index contributed by atoms with van der Waals surface area (Å²) in [6.45, 7) is 7.15. The second-order valence-electron chi connectivity index (χ2n) is 11.1. The Hall–Kier alpha value is -1.29. The zero-order chi connectivity index (χ0) is 21.3. The van der Waals surface area contributed by atoms with Crippen molar-refractivity contribution in [3.8, 4) is 0 Å². The molecule has 30 heavy (non-hydrogen) atoms. The highest BCUT2D eigenvalue weighted by atomic mass is 19.3. The first kappa shape index (κ1) is 20.6. The topological polar surface area (TPSA) is 33.1 Å². The first-order valence-electron chi connectivity index (χ1n) is 11.9. The van der Waals surface area contributed by atoms with Gasteiger partial charge in [-0.1, -0.05) is 26.8 Å². The standard InChI is InChI=1S/C26H35F2NO/c1-15-19-5-4-18-21-7-6-20(16-12-17(24(27)28)14-29-13-16)26(21,3)10-8-22(18)25(19,2)11-9-23(15)30/h6,12-15,18-19,21-24,30H,4-5,7-11H2,1-3H3. The van der Waals surface area contributed by atoms with Crippen LogP contribution < -0.4 is 0 Å². The molecule has 5 rings (SSSR count). The molecule has 8 atom stereocenters. The second-order valence-corrected chi connectivity index (χ2v) is 11.1. The summed E-state index contributed by atoms with van der Waals surface area (Å²) >= 11 is 0. The van der Waals surface area contributed by atoms with Crippen molar-refractivity contribution < 1.29 is 13.9 Å². The zero-order valence-corrected chi connectivity index (χ0v) is 18.5. The summed E-state index contributed by atoms with van der Waals surface area (Å²) in [6, 6.07) is 1.66. The van der Waals surface area contributed by atoms with E-state index in [4.69, 9.17) is 0 Å². The molecule has 2 nitrogen and oxygen atoms in total. The molecule has 3 fully saturated rings. The molecule has 4 heteroatoms. The van der Waals surface area contributed by atoms with Gasteiger partial charge in [0.15, 0.2) is 0 Å². The van der Waals surface area contributed by atoms with Crippen molar-refractivity contribution in [1.29, 1.82) is 0 Å². The lowest BCUT2D eigenvalue weighted by molar-refractivity contribution is -0.138. The first-order valence-corrected chi connectivity index (χ1v) is 11.9. The van der Waals surface area contributed by atoms with Crippen LogP contribution in [0.1, 0.15) is 83.3 Å². The van der Waals surface area contributed by atoms with E-state index in [1.54, 1.807) is 12.3 Å². The molecule has 0 amide bonds. The quantitative estimate of drug-likeness (QED) is 0.586. The molecule has 0 radical (unpaired) electrons. The number of alkyl halides is 2. The van der Waals surface area contributed by atoms with Crippen molar-refractivity contribution >= 4 is 5.57 Å². The van der Waals surface area contributed by atoms with E-state index < -0.39 is 6.43 Å². The monoisotopic (exact) mass is 415 g/mol. The molecule has 8 unspecified atom stereocenters. The summed E-state index contributed by atoms with van der Waals surface area (Å²) in [5.74, 6) is 3.06. The molecule has 0 aliphatic heterocycles. The Morgan fingerprint density at radius 1 is 1.03 bits per heavy atom. The Morgan fingerprint density at radius 2 is 1.83 bits per heavy atom. The molecule has 164 valence electrons. The molecule has 3 saturated carbocycles. The lowest BCUT2D eigenvalue weighted by Gasteiger charge is -2.62. The fourth-order valence-corrected chi connectivity index (χ4v) is 8.45. The van der Waals surface area contributed by atoms with E-state index in [1.165, 1.54) is 31.0 Å². The van der Waals surface area contributed by atoms with Crippen LogP contribution in [0.5, 0.6) is 0 Å². The van der Waals surface area contributed by atoms with E-state index >= 15 is 0 Å². The number of fused-ring (bicyclic) bond motifs is 5. The maximum Gasteiger partial charge on any atom is 0.265 e. The molecular weight excluding hydrogens is 380 g/mol. The van der Waals surface area contributed by atoms with Crippen LogP contribution in [0, 0.1) is 40.4 Å². The van der Waals surface area contributed by atoms with Gasteiger partial charge in [-0.25, -0.2) is 8.78 Å². The smallest absolute Gasteiger partial charge is 0.265 e. The molecule has 0 bridgehead atoms. The lowest BCUT2D eigenvalue weighted by Crippen LogP contribution is -2.55. The fraction of sp³-hybridized carbons (Fsp3) is 0.731. The van der Waals surface area contributed by atoms with Gasteiger partial charge in [0.2, 0.25) is 0 Å². The van der Waals surface area contributed by atoms with E-state index in [0.29, 0.717) is 29.1 Å². The van der Waals surface area contributed by atoms with Crippen LogP contribution in [-0.4, -0.2) is 16.2 Å². The Kier molecular flexibility index (Phi) is 4.89. The van der Waals surface area contributed by atoms with Crippen LogP contribution in [-0.2, 0) is 0 Å². The predicted molar refractivity (Wildman–Crippen MR) is 115 cm³/mol.